The first-order valence-corrected chi connectivity index (χ1v) is 11.6. The number of hydrazone groups is 1. The third-order valence-electron chi connectivity index (χ3n) is 6.66. The number of carbonyl (C=O) groups excluding carboxylic acids is 1. The van der Waals surface area contributed by atoms with Gasteiger partial charge in [-0.15, -0.1) is 0 Å². The van der Waals surface area contributed by atoms with E-state index in [0.717, 1.165) is 42.6 Å². The van der Waals surface area contributed by atoms with Gasteiger partial charge in [0.05, 0.1) is 32.1 Å². The van der Waals surface area contributed by atoms with Crippen molar-refractivity contribution in [3.63, 3.8) is 0 Å². The molecule has 0 spiro atoms. The highest BCUT2D eigenvalue weighted by molar-refractivity contribution is 6.16. The highest BCUT2D eigenvalue weighted by atomic mass is 16.5. The normalized spacial score (nSPS) is 21.3. The number of allylic oxidation sites excluding steroid dienone is 1. The van der Waals surface area contributed by atoms with E-state index in [-0.39, 0.29) is 6.03 Å². The van der Waals surface area contributed by atoms with Crippen LogP contribution in [-0.2, 0) is 4.74 Å². The maximum absolute atomic E-state index is 12.6. The van der Waals surface area contributed by atoms with Gasteiger partial charge in [-0.25, -0.2) is 4.79 Å². The van der Waals surface area contributed by atoms with E-state index in [2.05, 4.69) is 34.5 Å². The van der Waals surface area contributed by atoms with Crippen molar-refractivity contribution in [1.82, 2.24) is 10.3 Å². The van der Waals surface area contributed by atoms with Crippen LogP contribution in [0.3, 0.4) is 0 Å². The van der Waals surface area contributed by atoms with Gasteiger partial charge in [0.1, 0.15) is 0 Å². The number of urea groups is 1. The van der Waals surface area contributed by atoms with Crippen molar-refractivity contribution in [1.29, 1.82) is 0 Å². The molecule has 2 atom stereocenters. The van der Waals surface area contributed by atoms with Gasteiger partial charge in [0, 0.05) is 42.6 Å². The highest BCUT2D eigenvalue weighted by Gasteiger charge is 2.33. The molecule has 0 saturated carbocycles. The second-order valence-electron chi connectivity index (χ2n) is 8.81. The average Bonchev–Trinajstić information content (AvgIpc) is 3.13. The molecule has 3 heterocycles. The molecule has 3 aliphatic rings. The summed E-state index contributed by atoms with van der Waals surface area (Å²) >= 11 is 0. The van der Waals surface area contributed by atoms with Gasteiger partial charge in [0.2, 0.25) is 0 Å². The van der Waals surface area contributed by atoms with Gasteiger partial charge in [0.25, 0.3) is 0 Å². The molecule has 0 aromatic heterocycles. The first kappa shape index (κ1) is 22.3. The summed E-state index contributed by atoms with van der Waals surface area (Å²) in [7, 11) is 4.82. The number of anilines is 1. The number of rotatable bonds is 4. The van der Waals surface area contributed by atoms with Gasteiger partial charge < -0.3 is 24.4 Å². The Labute approximate surface area is 199 Å². The van der Waals surface area contributed by atoms with Crippen LogP contribution in [0.2, 0.25) is 0 Å². The SMILES string of the molecule is CNC(=O)N1N=C(c2ccc(N3C[C@H]4CC[C@@H](C3)O4)cc2)c2cc(OC)c(OC)cc2C=C1C. The summed E-state index contributed by atoms with van der Waals surface area (Å²) in [6.45, 7) is 3.70. The second-order valence-corrected chi connectivity index (χ2v) is 8.81. The summed E-state index contributed by atoms with van der Waals surface area (Å²) < 4.78 is 17.1. The molecular weight excluding hydrogens is 432 g/mol. The van der Waals surface area contributed by atoms with Crippen LogP contribution in [0.25, 0.3) is 6.08 Å². The largest absolute Gasteiger partial charge is 0.493 e. The first-order chi connectivity index (χ1) is 16.5. The topological polar surface area (TPSA) is 75.6 Å². The van der Waals surface area contributed by atoms with E-state index in [4.69, 9.17) is 19.3 Å². The van der Waals surface area contributed by atoms with Crippen LogP contribution in [0.15, 0.2) is 47.2 Å². The minimum Gasteiger partial charge on any atom is -0.493 e. The predicted molar refractivity (Wildman–Crippen MR) is 132 cm³/mol. The van der Waals surface area contributed by atoms with Crippen molar-refractivity contribution in [3.05, 3.63) is 58.8 Å². The van der Waals surface area contributed by atoms with E-state index in [1.807, 2.05) is 25.1 Å². The fourth-order valence-corrected chi connectivity index (χ4v) is 4.92. The van der Waals surface area contributed by atoms with Crippen molar-refractivity contribution < 1.29 is 19.0 Å². The molecule has 0 unspecified atom stereocenters. The monoisotopic (exact) mass is 462 g/mol. The highest BCUT2D eigenvalue weighted by Crippen LogP contribution is 2.35. The van der Waals surface area contributed by atoms with E-state index in [1.165, 1.54) is 10.7 Å². The Hall–Kier alpha value is -3.52. The first-order valence-electron chi connectivity index (χ1n) is 11.6. The number of morpholine rings is 1. The van der Waals surface area contributed by atoms with Crippen molar-refractivity contribution in [2.75, 3.05) is 39.3 Å². The number of hydrogen-bond donors (Lipinski definition) is 1. The molecule has 178 valence electrons. The summed E-state index contributed by atoms with van der Waals surface area (Å²) in [6.07, 6.45) is 4.86. The summed E-state index contributed by atoms with van der Waals surface area (Å²) in [4.78, 5) is 15.0. The molecule has 3 aliphatic heterocycles. The van der Waals surface area contributed by atoms with Crippen LogP contribution in [0.4, 0.5) is 10.5 Å². The third kappa shape index (κ3) is 3.98. The predicted octanol–water partition coefficient (Wildman–Crippen LogP) is 3.84. The number of nitrogens with one attached hydrogen (secondary N) is 1. The lowest BCUT2D eigenvalue weighted by molar-refractivity contribution is 0.0305. The summed E-state index contributed by atoms with van der Waals surface area (Å²) in [6, 6.07) is 11.9. The second kappa shape index (κ2) is 9.02. The van der Waals surface area contributed by atoms with Gasteiger partial charge in [0.15, 0.2) is 11.5 Å². The molecule has 2 amide bonds. The molecule has 5 rings (SSSR count). The fourth-order valence-electron chi connectivity index (χ4n) is 4.92. The van der Waals surface area contributed by atoms with Crippen LogP contribution in [-0.4, -0.2) is 63.3 Å². The maximum atomic E-state index is 12.6. The zero-order valence-corrected chi connectivity index (χ0v) is 20.0. The number of benzene rings is 2. The van der Waals surface area contributed by atoms with Gasteiger partial charge in [-0.2, -0.15) is 10.1 Å². The van der Waals surface area contributed by atoms with E-state index in [1.54, 1.807) is 21.3 Å². The fraction of sp³-hybridized carbons (Fsp3) is 0.385. The number of fused-ring (bicyclic) bond motifs is 3. The Morgan fingerprint density at radius 3 is 2.32 bits per heavy atom. The molecule has 2 aromatic carbocycles. The summed E-state index contributed by atoms with van der Waals surface area (Å²) in [5.41, 5.74) is 5.22. The van der Waals surface area contributed by atoms with Crippen molar-refractivity contribution >= 4 is 23.5 Å². The third-order valence-corrected chi connectivity index (χ3v) is 6.66. The number of hydrogen-bond acceptors (Lipinski definition) is 6. The number of amides is 2. The maximum Gasteiger partial charge on any atom is 0.342 e. The smallest absolute Gasteiger partial charge is 0.342 e. The number of methoxy groups -OCH3 is 2. The molecule has 2 fully saturated rings. The van der Waals surface area contributed by atoms with Crippen LogP contribution in [0, 0.1) is 0 Å². The lowest BCUT2D eigenvalue weighted by atomic mass is 9.96. The standard InChI is InChI=1S/C26H30N4O4/c1-16-11-18-12-23(32-3)24(33-4)13-22(18)25(28-30(16)26(31)27-2)17-5-7-19(8-6-17)29-14-20-9-10-21(15-29)34-20/h5-8,11-13,20-21H,9-10,14-15H2,1-4H3,(H,27,31)/t20-,21+. The molecule has 0 aliphatic carbocycles. The summed E-state index contributed by atoms with van der Waals surface area (Å²) in [5, 5.41) is 8.85. The van der Waals surface area contributed by atoms with Crippen LogP contribution in [0.1, 0.15) is 36.5 Å². The quantitative estimate of drug-likeness (QED) is 0.747. The molecular formula is C26H30N4O4. The Kier molecular flexibility index (Phi) is 5.91. The Bertz CT molecular complexity index is 1150. The zero-order valence-electron chi connectivity index (χ0n) is 20.0. The Morgan fingerprint density at radius 1 is 1.06 bits per heavy atom. The Morgan fingerprint density at radius 2 is 1.71 bits per heavy atom. The average molecular weight is 463 g/mol. The molecule has 1 N–H and O–H groups in total. The van der Waals surface area contributed by atoms with Crippen LogP contribution >= 0.6 is 0 Å². The molecule has 2 saturated heterocycles. The van der Waals surface area contributed by atoms with Crippen LogP contribution in [0.5, 0.6) is 11.5 Å². The van der Waals surface area contributed by atoms with Gasteiger partial charge in [-0.05, 0) is 55.7 Å². The molecule has 34 heavy (non-hydrogen) atoms. The minimum absolute atomic E-state index is 0.307. The van der Waals surface area contributed by atoms with E-state index in [9.17, 15) is 4.79 Å². The van der Waals surface area contributed by atoms with Crippen molar-refractivity contribution in [2.45, 2.75) is 32.0 Å². The lowest BCUT2D eigenvalue weighted by Crippen LogP contribution is -2.42. The number of carbonyl (C=O) groups is 1. The van der Waals surface area contributed by atoms with Gasteiger partial charge in [-0.3, -0.25) is 0 Å². The lowest BCUT2D eigenvalue weighted by Gasteiger charge is -2.34. The van der Waals surface area contributed by atoms with Gasteiger partial charge in [-0.1, -0.05) is 12.1 Å². The molecule has 0 radical (unpaired) electrons. The van der Waals surface area contributed by atoms with Crippen LogP contribution < -0.4 is 19.7 Å². The van der Waals surface area contributed by atoms with Crippen molar-refractivity contribution in [2.24, 2.45) is 5.10 Å². The van der Waals surface area contributed by atoms with Crippen molar-refractivity contribution in [3.8, 4) is 11.5 Å². The number of ether oxygens (including phenoxy) is 3. The molecule has 2 aromatic rings. The van der Waals surface area contributed by atoms with E-state index < -0.39 is 0 Å². The molecule has 2 bridgehead atoms. The van der Waals surface area contributed by atoms with E-state index in [0.29, 0.717) is 35.1 Å². The zero-order chi connectivity index (χ0) is 23.8. The minimum atomic E-state index is -0.307. The molecule has 8 nitrogen and oxygen atoms in total. The molecule has 8 heteroatoms. The van der Waals surface area contributed by atoms with E-state index >= 15 is 0 Å². The Balaban J connectivity index is 1.57. The van der Waals surface area contributed by atoms with Gasteiger partial charge >= 0.3 is 6.03 Å². The summed E-state index contributed by atoms with van der Waals surface area (Å²) in [5.74, 6) is 1.23. The number of nitrogens with zero attached hydrogens (tertiary/aromatic N) is 3.